The van der Waals surface area contributed by atoms with Gasteiger partial charge in [0.25, 0.3) is 5.56 Å². The number of thioether (sulfide) groups is 1. The maximum absolute atomic E-state index is 12.6. The van der Waals surface area contributed by atoms with Gasteiger partial charge in [0.1, 0.15) is 12.1 Å². The fourth-order valence-electron chi connectivity index (χ4n) is 2.27. The molecule has 0 atom stereocenters. The van der Waals surface area contributed by atoms with Crippen LogP contribution in [0.5, 0.6) is 0 Å². The molecular weight excluding hydrogens is 334 g/mol. The van der Waals surface area contributed by atoms with Crippen molar-refractivity contribution < 1.29 is 5.11 Å². The van der Waals surface area contributed by atoms with Crippen LogP contribution >= 0.6 is 11.8 Å². The minimum atomic E-state index is -0.126. The number of nitrogens with zero attached hydrogens (tertiary/aromatic N) is 2. The monoisotopic (exact) mass is 353 g/mol. The Bertz CT molecular complexity index is 919. The van der Waals surface area contributed by atoms with Crippen LogP contribution in [0.3, 0.4) is 0 Å². The van der Waals surface area contributed by atoms with Gasteiger partial charge in [-0.2, -0.15) is 0 Å². The standard InChI is InChI=1S/C16H15N3O2S.C3H4/c1-10-2-4-11(5-3-10)19-9-18-14-12(13(20)6-7-17)8-22-15(14)16(19)21;1-3-2/h2-7,9,20H,8,17H2,1H3;1H,2H3/b7-6-,13-12-;. The molecule has 0 saturated carbocycles. The largest absolute Gasteiger partial charge is 0.508 e. The number of rotatable bonds is 2. The fourth-order valence-corrected chi connectivity index (χ4v) is 3.38. The summed E-state index contributed by atoms with van der Waals surface area (Å²) in [5.74, 6) is 2.81. The molecule has 1 aliphatic rings. The zero-order chi connectivity index (χ0) is 18.4. The summed E-state index contributed by atoms with van der Waals surface area (Å²) in [7, 11) is 0. The summed E-state index contributed by atoms with van der Waals surface area (Å²) >= 11 is 1.38. The van der Waals surface area contributed by atoms with Crippen LogP contribution in [-0.2, 0) is 0 Å². The number of hydrogen-bond donors (Lipinski definition) is 2. The number of aromatic nitrogens is 2. The van der Waals surface area contributed by atoms with Crippen molar-refractivity contribution in [3.8, 4) is 18.0 Å². The molecule has 0 amide bonds. The summed E-state index contributed by atoms with van der Waals surface area (Å²) < 4.78 is 1.52. The van der Waals surface area contributed by atoms with Crippen LogP contribution in [-0.4, -0.2) is 20.4 Å². The molecule has 2 aromatic rings. The number of fused-ring (bicyclic) bond motifs is 1. The highest BCUT2D eigenvalue weighted by Gasteiger charge is 2.25. The smallest absolute Gasteiger partial charge is 0.272 e. The van der Waals surface area contributed by atoms with E-state index in [-0.39, 0.29) is 11.3 Å². The highest BCUT2D eigenvalue weighted by molar-refractivity contribution is 8.00. The number of terminal acetylenes is 1. The molecule has 25 heavy (non-hydrogen) atoms. The zero-order valence-electron chi connectivity index (χ0n) is 14.1. The van der Waals surface area contributed by atoms with Crippen molar-refractivity contribution in [1.29, 1.82) is 0 Å². The van der Waals surface area contributed by atoms with Gasteiger partial charge in [0.05, 0.1) is 16.3 Å². The first kappa shape index (κ1) is 18.4. The molecule has 0 bridgehead atoms. The predicted octanol–water partition coefficient (Wildman–Crippen LogP) is 3.03. The number of benzene rings is 1. The molecule has 0 unspecified atom stereocenters. The van der Waals surface area contributed by atoms with E-state index in [9.17, 15) is 9.90 Å². The van der Waals surface area contributed by atoms with Gasteiger partial charge >= 0.3 is 0 Å². The quantitative estimate of drug-likeness (QED) is 0.641. The van der Waals surface area contributed by atoms with Crippen molar-refractivity contribution in [2.45, 2.75) is 18.7 Å². The Morgan fingerprint density at radius 1 is 1.44 bits per heavy atom. The Balaban J connectivity index is 0.000000701. The van der Waals surface area contributed by atoms with Gasteiger partial charge < -0.3 is 10.8 Å². The van der Waals surface area contributed by atoms with Crippen molar-refractivity contribution in [2.75, 3.05) is 5.75 Å². The van der Waals surface area contributed by atoms with E-state index in [1.54, 1.807) is 6.92 Å². The first-order valence-electron chi connectivity index (χ1n) is 7.53. The lowest BCUT2D eigenvalue weighted by atomic mass is 10.1. The van der Waals surface area contributed by atoms with Gasteiger partial charge in [0, 0.05) is 11.3 Å². The second-order valence-corrected chi connectivity index (χ2v) is 6.22. The number of aryl methyl sites for hydroxylation is 1. The molecule has 3 N–H and O–H groups in total. The summed E-state index contributed by atoms with van der Waals surface area (Å²) in [4.78, 5) is 17.5. The Hall–Kier alpha value is -2.91. The molecule has 5 nitrogen and oxygen atoms in total. The van der Waals surface area contributed by atoms with Gasteiger partial charge in [-0.3, -0.25) is 9.36 Å². The maximum atomic E-state index is 12.6. The van der Waals surface area contributed by atoms with Crippen molar-refractivity contribution in [1.82, 2.24) is 9.55 Å². The SMILES string of the molecule is C#CC.Cc1ccc(-n2cnc3c(c2=O)SC/C3=C(O)\C=C/N)cc1. The highest BCUT2D eigenvalue weighted by Crippen LogP contribution is 2.36. The summed E-state index contributed by atoms with van der Waals surface area (Å²) in [6.07, 6.45) is 8.76. The number of aliphatic hydroxyl groups is 1. The van der Waals surface area contributed by atoms with Crippen molar-refractivity contribution in [3.05, 3.63) is 70.2 Å². The van der Waals surface area contributed by atoms with Crippen LogP contribution in [0.1, 0.15) is 18.2 Å². The molecule has 6 heteroatoms. The van der Waals surface area contributed by atoms with E-state index >= 15 is 0 Å². The molecule has 128 valence electrons. The number of hydrogen-bond acceptors (Lipinski definition) is 5. The molecule has 2 heterocycles. The maximum Gasteiger partial charge on any atom is 0.272 e. The second kappa shape index (κ2) is 8.27. The molecule has 1 aromatic carbocycles. The van der Waals surface area contributed by atoms with E-state index in [2.05, 4.69) is 17.3 Å². The summed E-state index contributed by atoms with van der Waals surface area (Å²) in [5, 5.41) is 9.95. The number of nitrogens with two attached hydrogens (primary N) is 1. The van der Waals surface area contributed by atoms with Crippen molar-refractivity contribution in [2.24, 2.45) is 5.73 Å². The van der Waals surface area contributed by atoms with E-state index in [1.165, 1.54) is 34.9 Å². The first-order valence-corrected chi connectivity index (χ1v) is 8.51. The van der Waals surface area contributed by atoms with Crippen LogP contribution in [0.25, 0.3) is 11.3 Å². The molecule has 0 fully saturated rings. The normalized spacial score (nSPS) is 14.4. The Kier molecular flexibility index (Phi) is 6.09. The van der Waals surface area contributed by atoms with E-state index in [1.807, 2.05) is 31.2 Å². The molecule has 1 aliphatic heterocycles. The van der Waals surface area contributed by atoms with Gasteiger partial charge in [-0.25, -0.2) is 4.98 Å². The van der Waals surface area contributed by atoms with E-state index < -0.39 is 0 Å². The third-order valence-electron chi connectivity index (χ3n) is 3.45. The molecule has 1 aromatic heterocycles. The summed E-state index contributed by atoms with van der Waals surface area (Å²) in [5.41, 5.74) is 8.24. The molecule has 0 spiro atoms. The van der Waals surface area contributed by atoms with Gasteiger partial charge in [0.2, 0.25) is 0 Å². The number of allylic oxidation sites excluding steroid dienone is 1. The predicted molar refractivity (Wildman–Crippen MR) is 103 cm³/mol. The van der Waals surface area contributed by atoms with E-state index in [0.29, 0.717) is 21.9 Å². The Morgan fingerprint density at radius 3 is 2.68 bits per heavy atom. The molecule has 0 saturated heterocycles. The lowest BCUT2D eigenvalue weighted by molar-refractivity contribution is 0.434. The molecule has 0 aliphatic carbocycles. The molecular formula is C19H19N3O2S. The Labute approximate surface area is 150 Å². The lowest BCUT2D eigenvalue weighted by Crippen LogP contribution is -2.20. The van der Waals surface area contributed by atoms with E-state index in [0.717, 1.165) is 11.3 Å². The van der Waals surface area contributed by atoms with Crippen LogP contribution in [0.15, 0.2) is 58.3 Å². The first-order chi connectivity index (χ1) is 12.0. The van der Waals surface area contributed by atoms with Crippen LogP contribution < -0.4 is 11.3 Å². The van der Waals surface area contributed by atoms with E-state index in [4.69, 9.17) is 5.73 Å². The van der Waals surface area contributed by atoms with Crippen LogP contribution in [0, 0.1) is 19.3 Å². The summed E-state index contributed by atoms with van der Waals surface area (Å²) in [6.45, 7) is 3.65. The van der Waals surface area contributed by atoms with Crippen molar-refractivity contribution >= 4 is 17.3 Å². The van der Waals surface area contributed by atoms with Gasteiger partial charge in [0.15, 0.2) is 0 Å². The minimum Gasteiger partial charge on any atom is -0.508 e. The lowest BCUT2D eigenvalue weighted by Gasteiger charge is -2.07. The minimum absolute atomic E-state index is 0.0498. The highest BCUT2D eigenvalue weighted by atomic mass is 32.2. The third-order valence-corrected chi connectivity index (χ3v) is 4.54. The Morgan fingerprint density at radius 2 is 2.08 bits per heavy atom. The third kappa shape index (κ3) is 3.95. The topological polar surface area (TPSA) is 81.1 Å². The van der Waals surface area contributed by atoms with Crippen LogP contribution in [0.4, 0.5) is 0 Å². The van der Waals surface area contributed by atoms with Gasteiger partial charge in [-0.05, 0) is 38.3 Å². The average Bonchev–Trinajstić information content (AvgIpc) is 3.02. The summed E-state index contributed by atoms with van der Waals surface area (Å²) in [6, 6.07) is 7.67. The molecule has 0 radical (unpaired) electrons. The average molecular weight is 353 g/mol. The van der Waals surface area contributed by atoms with Crippen molar-refractivity contribution in [3.63, 3.8) is 0 Å². The fraction of sp³-hybridized carbons (Fsp3) is 0.158. The van der Waals surface area contributed by atoms with Crippen LogP contribution in [0.2, 0.25) is 0 Å². The van der Waals surface area contributed by atoms with Gasteiger partial charge in [-0.1, -0.05) is 17.7 Å². The zero-order valence-corrected chi connectivity index (χ0v) is 14.9. The molecule has 3 rings (SSSR count). The second-order valence-electron chi connectivity index (χ2n) is 5.23. The van der Waals surface area contributed by atoms with Gasteiger partial charge in [-0.15, -0.1) is 24.1 Å². The number of aliphatic hydroxyl groups excluding tert-OH is 1.